The van der Waals surface area contributed by atoms with Crippen LogP contribution in [0.25, 0.3) is 0 Å². The number of hydrogen-bond acceptors (Lipinski definition) is 5. The summed E-state index contributed by atoms with van der Waals surface area (Å²) in [5, 5.41) is 6.48. The second kappa shape index (κ2) is 13.0. The average Bonchev–Trinajstić information content (AvgIpc) is 3.32. The van der Waals surface area contributed by atoms with E-state index in [-0.39, 0.29) is 35.0 Å². The number of ether oxygens (including phenoxy) is 2. The zero-order valence-corrected chi connectivity index (χ0v) is 21.5. The summed E-state index contributed by atoms with van der Waals surface area (Å²) in [7, 11) is -0.197. The van der Waals surface area contributed by atoms with Gasteiger partial charge in [-0.2, -0.15) is 0 Å². The molecule has 176 valence electrons. The topological polar surface area (TPSA) is 101 Å². The summed E-state index contributed by atoms with van der Waals surface area (Å²) in [5.74, 6) is 1.45. The Kier molecular flexibility index (Phi) is 10.7. The first-order valence-corrected chi connectivity index (χ1v) is 11.8. The first-order valence-electron chi connectivity index (χ1n) is 10.3. The lowest BCUT2D eigenvalue weighted by atomic mass is 10.2. The molecule has 0 spiro atoms. The molecule has 0 aliphatic carbocycles. The molecule has 1 saturated heterocycles. The van der Waals surface area contributed by atoms with E-state index in [2.05, 4.69) is 20.3 Å². The molecule has 1 aliphatic heterocycles. The standard InChI is InChI=1S/C22H30N4O4S.HI/c1-23-22(25-15-18-6-3-4-8-21(18)29-2)24-14-17-9-11-20(12-10-17)31(27,28)26-16-19-7-5-13-30-19;/h3-4,6,8-12,19,26H,5,7,13-16H2,1-2H3,(H2,23,24,25);1H. The zero-order chi connectivity index (χ0) is 22.1. The number of sulfonamides is 1. The van der Waals surface area contributed by atoms with E-state index in [1.807, 2.05) is 24.3 Å². The van der Waals surface area contributed by atoms with Crippen molar-refractivity contribution in [2.24, 2.45) is 4.99 Å². The molecule has 3 N–H and O–H groups in total. The Labute approximate surface area is 207 Å². The number of para-hydroxylation sites is 1. The van der Waals surface area contributed by atoms with Gasteiger partial charge in [-0.25, -0.2) is 13.1 Å². The Balaban J connectivity index is 0.00000363. The minimum absolute atomic E-state index is 0. The van der Waals surface area contributed by atoms with Crippen LogP contribution >= 0.6 is 24.0 Å². The number of methoxy groups -OCH3 is 1. The Bertz CT molecular complexity index is 978. The quantitative estimate of drug-likeness (QED) is 0.242. The minimum Gasteiger partial charge on any atom is -0.496 e. The van der Waals surface area contributed by atoms with Crippen molar-refractivity contribution in [3.05, 3.63) is 59.7 Å². The van der Waals surface area contributed by atoms with Gasteiger partial charge in [0.2, 0.25) is 10.0 Å². The van der Waals surface area contributed by atoms with E-state index in [0.717, 1.165) is 29.7 Å². The van der Waals surface area contributed by atoms with Crippen LogP contribution in [0.3, 0.4) is 0 Å². The second-order valence-corrected chi connectivity index (χ2v) is 8.99. The third kappa shape index (κ3) is 7.61. The highest BCUT2D eigenvalue weighted by Gasteiger charge is 2.20. The molecule has 0 saturated carbocycles. The molecule has 0 amide bonds. The number of guanidine groups is 1. The van der Waals surface area contributed by atoms with Crippen LogP contribution < -0.4 is 20.1 Å². The summed E-state index contributed by atoms with van der Waals surface area (Å²) < 4.78 is 38.4. The fourth-order valence-corrected chi connectivity index (χ4v) is 4.38. The average molecular weight is 574 g/mol. The van der Waals surface area contributed by atoms with Crippen molar-refractivity contribution in [2.75, 3.05) is 27.3 Å². The van der Waals surface area contributed by atoms with E-state index in [0.29, 0.717) is 32.2 Å². The van der Waals surface area contributed by atoms with Crippen LogP contribution in [0.4, 0.5) is 0 Å². The number of halogens is 1. The molecule has 0 bridgehead atoms. The monoisotopic (exact) mass is 574 g/mol. The SMILES string of the molecule is CN=C(NCc1ccc(S(=O)(=O)NCC2CCCO2)cc1)NCc1ccccc1OC.I. The van der Waals surface area contributed by atoms with Crippen LogP contribution in [0.2, 0.25) is 0 Å². The maximum atomic E-state index is 12.5. The molecule has 8 nitrogen and oxygen atoms in total. The highest BCUT2D eigenvalue weighted by atomic mass is 127. The van der Waals surface area contributed by atoms with Crippen molar-refractivity contribution in [3.63, 3.8) is 0 Å². The molecule has 1 unspecified atom stereocenters. The summed E-state index contributed by atoms with van der Waals surface area (Å²) in [6.07, 6.45) is 1.83. The Hall–Kier alpha value is -1.89. The molecule has 2 aromatic carbocycles. The highest BCUT2D eigenvalue weighted by molar-refractivity contribution is 14.0. The van der Waals surface area contributed by atoms with Gasteiger partial charge < -0.3 is 20.1 Å². The summed E-state index contributed by atoms with van der Waals surface area (Å²) in [6.45, 7) is 2.08. The third-order valence-corrected chi connectivity index (χ3v) is 6.52. The lowest BCUT2D eigenvalue weighted by molar-refractivity contribution is 0.114. The van der Waals surface area contributed by atoms with Gasteiger partial charge in [-0.3, -0.25) is 4.99 Å². The molecular formula is C22H31IN4O4S. The zero-order valence-electron chi connectivity index (χ0n) is 18.3. The molecule has 1 atom stereocenters. The molecule has 0 aromatic heterocycles. The van der Waals surface area contributed by atoms with Crippen LogP contribution in [0.15, 0.2) is 58.4 Å². The molecule has 3 rings (SSSR count). The molecule has 1 heterocycles. The summed E-state index contributed by atoms with van der Waals surface area (Å²) >= 11 is 0. The fraction of sp³-hybridized carbons (Fsp3) is 0.409. The van der Waals surface area contributed by atoms with Crippen molar-refractivity contribution < 1.29 is 17.9 Å². The van der Waals surface area contributed by atoms with Gasteiger partial charge in [0.15, 0.2) is 5.96 Å². The maximum absolute atomic E-state index is 12.5. The molecule has 2 aromatic rings. The van der Waals surface area contributed by atoms with Gasteiger partial charge in [-0.1, -0.05) is 30.3 Å². The van der Waals surface area contributed by atoms with E-state index >= 15 is 0 Å². The summed E-state index contributed by atoms with van der Waals surface area (Å²) in [4.78, 5) is 4.47. The number of hydrogen-bond donors (Lipinski definition) is 3. The largest absolute Gasteiger partial charge is 0.496 e. The van der Waals surface area contributed by atoms with Crippen LogP contribution in [0, 0.1) is 0 Å². The normalized spacial score (nSPS) is 16.3. The highest BCUT2D eigenvalue weighted by Crippen LogP contribution is 2.17. The van der Waals surface area contributed by atoms with Crippen molar-refractivity contribution in [2.45, 2.75) is 36.9 Å². The predicted molar refractivity (Wildman–Crippen MR) is 136 cm³/mol. The molecule has 32 heavy (non-hydrogen) atoms. The smallest absolute Gasteiger partial charge is 0.240 e. The third-order valence-electron chi connectivity index (χ3n) is 5.08. The lowest BCUT2D eigenvalue weighted by Gasteiger charge is -2.14. The van der Waals surface area contributed by atoms with Crippen LogP contribution in [-0.2, 0) is 27.8 Å². The van der Waals surface area contributed by atoms with Crippen molar-refractivity contribution in [1.82, 2.24) is 15.4 Å². The Morgan fingerprint density at radius 2 is 1.84 bits per heavy atom. The predicted octanol–water partition coefficient (Wildman–Crippen LogP) is 2.64. The molecule has 1 fully saturated rings. The summed E-state index contributed by atoms with van der Waals surface area (Å²) in [5.41, 5.74) is 1.97. The van der Waals surface area contributed by atoms with Crippen LogP contribution in [-0.4, -0.2) is 47.8 Å². The van der Waals surface area contributed by atoms with E-state index < -0.39 is 10.0 Å². The fourth-order valence-electron chi connectivity index (χ4n) is 3.31. The summed E-state index contributed by atoms with van der Waals surface area (Å²) in [6, 6.07) is 14.6. The van der Waals surface area contributed by atoms with Gasteiger partial charge in [-0.05, 0) is 36.6 Å². The first kappa shape index (κ1) is 26.4. The van der Waals surface area contributed by atoms with Gasteiger partial charge in [-0.15, -0.1) is 24.0 Å². The van der Waals surface area contributed by atoms with Gasteiger partial charge in [0.05, 0.1) is 18.1 Å². The van der Waals surface area contributed by atoms with Crippen molar-refractivity contribution in [3.8, 4) is 5.75 Å². The Morgan fingerprint density at radius 1 is 1.12 bits per heavy atom. The molecule has 1 aliphatic rings. The van der Waals surface area contributed by atoms with Gasteiger partial charge >= 0.3 is 0 Å². The van der Waals surface area contributed by atoms with Crippen molar-refractivity contribution >= 4 is 40.0 Å². The first-order chi connectivity index (χ1) is 15.0. The van der Waals surface area contributed by atoms with E-state index in [9.17, 15) is 8.42 Å². The van der Waals surface area contributed by atoms with Crippen molar-refractivity contribution in [1.29, 1.82) is 0 Å². The molecular weight excluding hydrogens is 543 g/mol. The number of nitrogens with zero attached hydrogens (tertiary/aromatic N) is 1. The van der Waals surface area contributed by atoms with Crippen LogP contribution in [0.1, 0.15) is 24.0 Å². The second-order valence-electron chi connectivity index (χ2n) is 7.22. The molecule has 0 radical (unpaired) electrons. The number of aliphatic imine (C=N–C) groups is 1. The minimum atomic E-state index is -3.54. The number of benzene rings is 2. The van der Waals surface area contributed by atoms with Gasteiger partial charge in [0, 0.05) is 38.9 Å². The number of rotatable bonds is 9. The van der Waals surface area contributed by atoms with E-state index in [1.165, 1.54) is 0 Å². The molecule has 10 heteroatoms. The van der Waals surface area contributed by atoms with Crippen LogP contribution in [0.5, 0.6) is 5.75 Å². The number of nitrogens with one attached hydrogen (secondary N) is 3. The lowest BCUT2D eigenvalue weighted by Crippen LogP contribution is -2.36. The van der Waals surface area contributed by atoms with Gasteiger partial charge in [0.25, 0.3) is 0 Å². The van der Waals surface area contributed by atoms with E-state index in [1.54, 1.807) is 38.4 Å². The Morgan fingerprint density at radius 3 is 2.50 bits per heavy atom. The maximum Gasteiger partial charge on any atom is 0.240 e. The van der Waals surface area contributed by atoms with E-state index in [4.69, 9.17) is 9.47 Å². The van der Waals surface area contributed by atoms with Gasteiger partial charge in [0.1, 0.15) is 5.75 Å².